The van der Waals surface area contributed by atoms with Crippen molar-refractivity contribution in [3.05, 3.63) is 42.4 Å². The molecule has 0 saturated carbocycles. The maximum atomic E-state index is 12.4. The van der Waals surface area contributed by atoms with Gasteiger partial charge in [0.1, 0.15) is 5.82 Å². The lowest BCUT2D eigenvalue weighted by atomic mass is 10.3. The van der Waals surface area contributed by atoms with Crippen LogP contribution in [0.25, 0.3) is 0 Å². The van der Waals surface area contributed by atoms with Crippen molar-refractivity contribution in [2.45, 2.75) is 32.9 Å². The summed E-state index contributed by atoms with van der Waals surface area (Å²) in [7, 11) is 0. The summed E-state index contributed by atoms with van der Waals surface area (Å²) in [6, 6.07) is 3.89. The second kappa shape index (κ2) is 7.00. The molecule has 0 aromatic carbocycles. The summed E-state index contributed by atoms with van der Waals surface area (Å²) < 4.78 is 7.43. The van der Waals surface area contributed by atoms with Crippen molar-refractivity contribution < 1.29 is 9.21 Å². The number of hydrogen-bond donors (Lipinski definition) is 0. The quantitative estimate of drug-likeness (QED) is 0.869. The number of furan rings is 1. The predicted molar refractivity (Wildman–Crippen MR) is 87.1 cm³/mol. The molecule has 23 heavy (non-hydrogen) atoms. The third-order valence-corrected chi connectivity index (χ3v) is 4.28. The van der Waals surface area contributed by atoms with Crippen molar-refractivity contribution >= 4 is 5.91 Å². The van der Waals surface area contributed by atoms with Crippen LogP contribution < -0.4 is 0 Å². The van der Waals surface area contributed by atoms with Gasteiger partial charge in [-0.3, -0.25) is 9.69 Å². The Hall–Kier alpha value is -2.08. The van der Waals surface area contributed by atoms with E-state index < -0.39 is 0 Å². The number of rotatable bonds is 4. The molecule has 0 N–H and O–H groups in total. The van der Waals surface area contributed by atoms with Crippen LogP contribution in [0.5, 0.6) is 0 Å². The van der Waals surface area contributed by atoms with E-state index in [1.807, 2.05) is 17.3 Å². The largest absolute Gasteiger partial charge is 0.459 e. The Bertz CT molecular complexity index is 633. The number of nitrogens with zero attached hydrogens (tertiary/aromatic N) is 4. The Labute approximate surface area is 136 Å². The van der Waals surface area contributed by atoms with Crippen LogP contribution in [0, 0.1) is 0 Å². The molecule has 2 aromatic heterocycles. The second-order valence-electron chi connectivity index (χ2n) is 6.24. The van der Waals surface area contributed by atoms with Gasteiger partial charge >= 0.3 is 0 Å². The summed E-state index contributed by atoms with van der Waals surface area (Å²) in [4.78, 5) is 21.1. The molecule has 0 spiro atoms. The molecule has 6 heteroatoms. The molecule has 1 aliphatic heterocycles. The molecule has 0 bridgehead atoms. The number of imidazole rings is 1. The monoisotopic (exact) mass is 316 g/mol. The molecule has 0 atom stereocenters. The summed E-state index contributed by atoms with van der Waals surface area (Å²) in [6.07, 6.45) is 6.41. The Morgan fingerprint density at radius 3 is 2.91 bits per heavy atom. The Morgan fingerprint density at radius 2 is 2.17 bits per heavy atom. The van der Waals surface area contributed by atoms with E-state index >= 15 is 0 Å². The van der Waals surface area contributed by atoms with Gasteiger partial charge in [-0.05, 0) is 32.4 Å². The minimum Gasteiger partial charge on any atom is -0.459 e. The number of amides is 1. The first-order valence-electron chi connectivity index (χ1n) is 8.22. The maximum Gasteiger partial charge on any atom is 0.289 e. The number of aromatic nitrogens is 2. The highest BCUT2D eigenvalue weighted by Crippen LogP contribution is 2.14. The standard InChI is InChI=1S/C17H24N4O2/c1-14(2)21-9-6-18-16(21)13-19-7-4-8-20(11-10-19)17(22)15-5-3-12-23-15/h3,5-6,9,12,14H,4,7-8,10-11,13H2,1-2H3. The van der Waals surface area contributed by atoms with Crippen molar-refractivity contribution in [1.29, 1.82) is 0 Å². The summed E-state index contributed by atoms with van der Waals surface area (Å²) in [5.41, 5.74) is 0. The molecule has 1 aliphatic rings. The van der Waals surface area contributed by atoms with Crippen molar-refractivity contribution in [2.75, 3.05) is 26.2 Å². The zero-order valence-corrected chi connectivity index (χ0v) is 13.8. The first kappa shape index (κ1) is 15.8. The third-order valence-electron chi connectivity index (χ3n) is 4.28. The zero-order chi connectivity index (χ0) is 16.2. The molecule has 1 fully saturated rings. The van der Waals surface area contributed by atoms with Crippen LogP contribution in [-0.4, -0.2) is 51.4 Å². The van der Waals surface area contributed by atoms with Crippen molar-refractivity contribution in [2.24, 2.45) is 0 Å². The van der Waals surface area contributed by atoms with Gasteiger partial charge in [0.25, 0.3) is 5.91 Å². The lowest BCUT2D eigenvalue weighted by molar-refractivity contribution is 0.0729. The number of carbonyl (C=O) groups excluding carboxylic acids is 1. The minimum atomic E-state index is -0.0134. The molecule has 2 aromatic rings. The molecule has 3 heterocycles. The summed E-state index contributed by atoms with van der Waals surface area (Å²) >= 11 is 0. The average Bonchev–Trinajstić information content (AvgIpc) is 3.16. The third kappa shape index (κ3) is 3.64. The Kier molecular flexibility index (Phi) is 4.81. The topological polar surface area (TPSA) is 54.5 Å². The normalized spacial score (nSPS) is 16.7. The summed E-state index contributed by atoms with van der Waals surface area (Å²) in [5, 5.41) is 0. The Balaban J connectivity index is 1.60. The lowest BCUT2D eigenvalue weighted by Crippen LogP contribution is -2.35. The van der Waals surface area contributed by atoms with E-state index in [0.717, 1.165) is 45.0 Å². The van der Waals surface area contributed by atoms with Gasteiger partial charge in [-0.1, -0.05) is 0 Å². The summed E-state index contributed by atoms with van der Waals surface area (Å²) in [6.45, 7) is 8.49. The van der Waals surface area contributed by atoms with Crippen molar-refractivity contribution in [3.8, 4) is 0 Å². The average molecular weight is 316 g/mol. The highest BCUT2D eigenvalue weighted by atomic mass is 16.3. The summed E-state index contributed by atoms with van der Waals surface area (Å²) in [5.74, 6) is 1.50. The van der Waals surface area contributed by atoms with Crippen LogP contribution in [0.2, 0.25) is 0 Å². The van der Waals surface area contributed by atoms with Gasteiger partial charge in [-0.2, -0.15) is 0 Å². The number of hydrogen-bond acceptors (Lipinski definition) is 4. The highest BCUT2D eigenvalue weighted by Gasteiger charge is 2.22. The fourth-order valence-electron chi connectivity index (χ4n) is 3.02. The molecular formula is C17H24N4O2. The predicted octanol–water partition coefficient (Wildman–Crippen LogP) is 2.41. The van der Waals surface area contributed by atoms with Gasteiger partial charge in [-0.25, -0.2) is 4.98 Å². The molecule has 6 nitrogen and oxygen atoms in total. The van der Waals surface area contributed by atoms with E-state index in [0.29, 0.717) is 11.8 Å². The fraction of sp³-hybridized carbons (Fsp3) is 0.529. The van der Waals surface area contributed by atoms with E-state index in [2.05, 4.69) is 28.3 Å². The second-order valence-corrected chi connectivity index (χ2v) is 6.24. The van der Waals surface area contributed by atoms with Crippen LogP contribution in [-0.2, 0) is 6.54 Å². The van der Waals surface area contributed by atoms with Gasteiger partial charge < -0.3 is 13.9 Å². The zero-order valence-electron chi connectivity index (χ0n) is 13.8. The highest BCUT2D eigenvalue weighted by molar-refractivity contribution is 5.91. The molecule has 1 amide bonds. The Morgan fingerprint density at radius 1 is 1.30 bits per heavy atom. The molecule has 3 rings (SSSR count). The fourth-order valence-corrected chi connectivity index (χ4v) is 3.02. The SMILES string of the molecule is CC(C)n1ccnc1CN1CCCN(C(=O)c2ccco2)CC1. The van der Waals surface area contributed by atoms with E-state index in [9.17, 15) is 4.79 Å². The number of carbonyl (C=O) groups is 1. The van der Waals surface area contributed by atoms with Crippen LogP contribution in [0.4, 0.5) is 0 Å². The molecular weight excluding hydrogens is 292 g/mol. The van der Waals surface area contributed by atoms with E-state index in [4.69, 9.17) is 4.42 Å². The van der Waals surface area contributed by atoms with Crippen LogP contribution in [0.15, 0.2) is 35.2 Å². The maximum absolute atomic E-state index is 12.4. The van der Waals surface area contributed by atoms with Gasteiger partial charge in [0.15, 0.2) is 5.76 Å². The first-order valence-corrected chi connectivity index (χ1v) is 8.22. The molecule has 0 radical (unpaired) electrons. The van der Waals surface area contributed by atoms with Crippen LogP contribution in [0.1, 0.15) is 42.7 Å². The van der Waals surface area contributed by atoms with Gasteiger partial charge in [0.2, 0.25) is 0 Å². The van der Waals surface area contributed by atoms with E-state index in [1.165, 1.54) is 0 Å². The minimum absolute atomic E-state index is 0.0134. The molecule has 1 saturated heterocycles. The van der Waals surface area contributed by atoms with E-state index in [1.54, 1.807) is 18.4 Å². The van der Waals surface area contributed by atoms with Gasteiger partial charge in [0.05, 0.1) is 12.8 Å². The van der Waals surface area contributed by atoms with Crippen molar-refractivity contribution in [1.82, 2.24) is 19.4 Å². The van der Waals surface area contributed by atoms with Crippen LogP contribution >= 0.6 is 0 Å². The van der Waals surface area contributed by atoms with Gasteiger partial charge in [-0.15, -0.1) is 0 Å². The molecule has 0 unspecified atom stereocenters. The first-order chi connectivity index (χ1) is 11.1. The van der Waals surface area contributed by atoms with E-state index in [-0.39, 0.29) is 5.91 Å². The molecule has 0 aliphatic carbocycles. The van der Waals surface area contributed by atoms with Gasteiger partial charge in [0, 0.05) is 44.6 Å². The van der Waals surface area contributed by atoms with Crippen LogP contribution in [0.3, 0.4) is 0 Å². The smallest absolute Gasteiger partial charge is 0.289 e. The lowest BCUT2D eigenvalue weighted by Gasteiger charge is -2.22. The van der Waals surface area contributed by atoms with Crippen molar-refractivity contribution in [3.63, 3.8) is 0 Å². The molecule has 124 valence electrons.